The Labute approximate surface area is 117 Å². The molecule has 2 heterocycles. The molecule has 2 atom stereocenters. The average Bonchev–Trinajstić information content (AvgIpc) is 3.09. The molecule has 2 aliphatic heterocycles. The van der Waals surface area contributed by atoms with Crippen LogP contribution in [-0.2, 0) is 0 Å². The third-order valence-corrected chi connectivity index (χ3v) is 4.28. The van der Waals surface area contributed by atoms with Crippen LogP contribution in [0.1, 0.15) is 36.0 Å². The number of hydrogen-bond acceptors (Lipinski definition) is 2. The predicted molar refractivity (Wildman–Crippen MR) is 71.4 cm³/mol. The van der Waals surface area contributed by atoms with Crippen molar-refractivity contribution in [3.63, 3.8) is 0 Å². The molecule has 20 heavy (non-hydrogen) atoms. The van der Waals surface area contributed by atoms with Gasteiger partial charge in [-0.15, -0.1) is 0 Å². The van der Waals surface area contributed by atoms with Gasteiger partial charge >= 0.3 is 0 Å². The summed E-state index contributed by atoms with van der Waals surface area (Å²) in [5.74, 6) is -1.76. The van der Waals surface area contributed by atoms with Crippen molar-refractivity contribution >= 4 is 5.91 Å². The lowest BCUT2D eigenvalue weighted by Crippen LogP contribution is -2.46. The lowest BCUT2D eigenvalue weighted by molar-refractivity contribution is 0.0706. The smallest absolute Gasteiger partial charge is 0.257 e. The third-order valence-electron chi connectivity index (χ3n) is 4.28. The van der Waals surface area contributed by atoms with Crippen molar-refractivity contribution in [3.05, 3.63) is 35.4 Å². The maximum atomic E-state index is 13.8. The molecule has 2 aliphatic rings. The van der Waals surface area contributed by atoms with E-state index in [-0.39, 0.29) is 17.5 Å². The number of carbonyl (C=O) groups is 1. The maximum Gasteiger partial charge on any atom is 0.257 e. The quantitative estimate of drug-likeness (QED) is 0.901. The van der Waals surface area contributed by atoms with E-state index in [1.165, 1.54) is 6.07 Å². The van der Waals surface area contributed by atoms with Crippen LogP contribution in [0.3, 0.4) is 0 Å². The van der Waals surface area contributed by atoms with Crippen LogP contribution in [0.25, 0.3) is 0 Å². The summed E-state index contributed by atoms with van der Waals surface area (Å²) < 4.78 is 26.7. The van der Waals surface area contributed by atoms with Gasteiger partial charge in [0.1, 0.15) is 11.6 Å². The van der Waals surface area contributed by atoms with E-state index < -0.39 is 11.6 Å². The molecule has 0 radical (unpaired) electrons. The van der Waals surface area contributed by atoms with Gasteiger partial charge < -0.3 is 10.2 Å². The first-order valence-corrected chi connectivity index (χ1v) is 7.16. The second-order valence-corrected chi connectivity index (χ2v) is 5.54. The summed E-state index contributed by atoms with van der Waals surface area (Å²) in [7, 11) is 0. The van der Waals surface area contributed by atoms with Crippen LogP contribution in [0.2, 0.25) is 0 Å². The highest BCUT2D eigenvalue weighted by molar-refractivity contribution is 5.95. The van der Waals surface area contributed by atoms with Gasteiger partial charge in [0.25, 0.3) is 5.91 Å². The molecular formula is C15H18F2N2O. The van der Waals surface area contributed by atoms with Gasteiger partial charge in [0.2, 0.25) is 0 Å². The van der Waals surface area contributed by atoms with E-state index in [4.69, 9.17) is 0 Å². The summed E-state index contributed by atoms with van der Waals surface area (Å²) in [6.45, 7) is 1.63. The van der Waals surface area contributed by atoms with Crippen LogP contribution in [0, 0.1) is 11.6 Å². The van der Waals surface area contributed by atoms with Crippen LogP contribution in [0.15, 0.2) is 18.2 Å². The zero-order chi connectivity index (χ0) is 14.1. The zero-order valence-electron chi connectivity index (χ0n) is 11.2. The standard InChI is InChI=1S/C15H18F2N2O/c16-10-5-6-11(12(17)9-10)15(20)19-8-2-4-14(19)13-3-1-7-18-13/h5-6,9,13-14,18H,1-4,7-8H2. The van der Waals surface area contributed by atoms with Crippen LogP contribution < -0.4 is 5.32 Å². The van der Waals surface area contributed by atoms with Crippen molar-refractivity contribution < 1.29 is 13.6 Å². The van der Waals surface area contributed by atoms with Gasteiger partial charge in [0.15, 0.2) is 0 Å². The number of nitrogens with one attached hydrogen (secondary N) is 1. The van der Waals surface area contributed by atoms with Gasteiger partial charge in [0.05, 0.1) is 5.56 Å². The van der Waals surface area contributed by atoms with E-state index in [1.807, 2.05) is 0 Å². The normalized spacial score (nSPS) is 26.2. The Balaban J connectivity index is 1.81. The maximum absolute atomic E-state index is 13.8. The van der Waals surface area contributed by atoms with Gasteiger partial charge in [0, 0.05) is 24.7 Å². The predicted octanol–water partition coefficient (Wildman–Crippen LogP) is 2.32. The molecule has 108 valence electrons. The molecular weight excluding hydrogens is 262 g/mol. The molecule has 0 aromatic heterocycles. The Kier molecular flexibility index (Phi) is 3.70. The average molecular weight is 280 g/mol. The summed E-state index contributed by atoms with van der Waals surface area (Å²) >= 11 is 0. The molecule has 1 N–H and O–H groups in total. The van der Waals surface area contributed by atoms with Gasteiger partial charge in [-0.2, -0.15) is 0 Å². The Bertz CT molecular complexity index is 515. The number of benzene rings is 1. The minimum absolute atomic E-state index is 0.0312. The van der Waals surface area contributed by atoms with E-state index in [2.05, 4.69) is 5.32 Å². The molecule has 0 bridgehead atoms. The molecule has 1 aromatic carbocycles. The molecule has 0 saturated carbocycles. The van der Waals surface area contributed by atoms with Crippen LogP contribution in [0.4, 0.5) is 8.78 Å². The fourth-order valence-electron chi connectivity index (χ4n) is 3.32. The first kappa shape index (κ1) is 13.5. The Hall–Kier alpha value is -1.49. The molecule has 5 heteroatoms. The fourth-order valence-corrected chi connectivity index (χ4v) is 3.32. The molecule has 1 amide bonds. The van der Waals surface area contributed by atoms with E-state index in [1.54, 1.807) is 4.90 Å². The van der Waals surface area contributed by atoms with E-state index in [9.17, 15) is 13.6 Å². The van der Waals surface area contributed by atoms with Crippen LogP contribution in [0.5, 0.6) is 0 Å². The summed E-state index contributed by atoms with van der Waals surface area (Å²) in [5, 5.41) is 3.41. The molecule has 1 aromatic rings. The fraction of sp³-hybridized carbons (Fsp3) is 0.533. The Morgan fingerprint density at radius 3 is 2.80 bits per heavy atom. The number of carbonyl (C=O) groups excluding carboxylic acids is 1. The lowest BCUT2D eigenvalue weighted by atomic mass is 10.0. The van der Waals surface area contributed by atoms with Gasteiger partial charge in [-0.25, -0.2) is 8.78 Å². The minimum Gasteiger partial charge on any atom is -0.334 e. The van der Waals surface area contributed by atoms with E-state index >= 15 is 0 Å². The molecule has 3 nitrogen and oxygen atoms in total. The van der Waals surface area contributed by atoms with Crippen LogP contribution >= 0.6 is 0 Å². The number of hydrogen-bond donors (Lipinski definition) is 1. The highest BCUT2D eigenvalue weighted by Gasteiger charge is 2.36. The summed E-state index contributed by atoms with van der Waals surface area (Å²) in [6, 6.07) is 3.59. The van der Waals surface area contributed by atoms with Crippen LogP contribution in [-0.4, -0.2) is 36.0 Å². The number of amides is 1. The Morgan fingerprint density at radius 2 is 2.10 bits per heavy atom. The van der Waals surface area contributed by atoms with Crippen molar-refractivity contribution in [2.45, 2.75) is 37.8 Å². The Morgan fingerprint density at radius 1 is 1.25 bits per heavy atom. The van der Waals surface area contributed by atoms with Gasteiger partial charge in [-0.3, -0.25) is 4.79 Å². The topological polar surface area (TPSA) is 32.3 Å². The largest absolute Gasteiger partial charge is 0.334 e. The molecule has 2 unspecified atom stereocenters. The number of nitrogens with zero attached hydrogens (tertiary/aromatic N) is 1. The number of halogens is 2. The highest BCUT2D eigenvalue weighted by Crippen LogP contribution is 2.27. The molecule has 2 saturated heterocycles. The zero-order valence-corrected chi connectivity index (χ0v) is 11.2. The van der Waals surface area contributed by atoms with E-state index in [0.29, 0.717) is 12.6 Å². The second-order valence-electron chi connectivity index (χ2n) is 5.54. The SMILES string of the molecule is O=C(c1ccc(F)cc1F)N1CCCC1C1CCCN1. The lowest BCUT2D eigenvalue weighted by Gasteiger charge is -2.29. The molecule has 0 aliphatic carbocycles. The summed E-state index contributed by atoms with van der Waals surface area (Å²) in [4.78, 5) is 14.2. The minimum atomic E-state index is -0.778. The first-order chi connectivity index (χ1) is 9.66. The monoisotopic (exact) mass is 280 g/mol. The highest BCUT2D eigenvalue weighted by atomic mass is 19.1. The van der Waals surface area contributed by atoms with Crippen molar-refractivity contribution in [1.29, 1.82) is 0 Å². The summed E-state index contributed by atoms with van der Waals surface area (Å²) in [5.41, 5.74) is -0.0312. The molecule has 0 spiro atoms. The molecule has 2 fully saturated rings. The third kappa shape index (κ3) is 2.42. The van der Waals surface area contributed by atoms with Crippen molar-refractivity contribution in [1.82, 2.24) is 10.2 Å². The van der Waals surface area contributed by atoms with E-state index in [0.717, 1.165) is 44.4 Å². The number of likely N-dealkylation sites (tertiary alicyclic amines) is 1. The van der Waals surface area contributed by atoms with Gasteiger partial charge in [-0.1, -0.05) is 0 Å². The van der Waals surface area contributed by atoms with Gasteiger partial charge in [-0.05, 0) is 44.4 Å². The molecule has 3 rings (SSSR count). The van der Waals surface area contributed by atoms with Crippen molar-refractivity contribution in [2.24, 2.45) is 0 Å². The van der Waals surface area contributed by atoms with Crippen molar-refractivity contribution in [3.8, 4) is 0 Å². The summed E-state index contributed by atoms with van der Waals surface area (Å²) in [6.07, 6.45) is 4.07. The van der Waals surface area contributed by atoms with Crippen molar-refractivity contribution in [2.75, 3.05) is 13.1 Å². The second kappa shape index (κ2) is 5.48. The first-order valence-electron chi connectivity index (χ1n) is 7.16. The number of rotatable bonds is 2.